The number of nitrogens with zero attached hydrogens (tertiary/aromatic N) is 2. The number of carbonyl (C=O) groups excluding carboxylic acids is 1. The summed E-state index contributed by atoms with van der Waals surface area (Å²) in [5.41, 5.74) is 1.34. The van der Waals surface area contributed by atoms with Crippen molar-refractivity contribution in [1.29, 1.82) is 0 Å². The Morgan fingerprint density at radius 3 is 2.64 bits per heavy atom. The van der Waals surface area contributed by atoms with Crippen LogP contribution in [0.1, 0.15) is 15.9 Å². The molecular formula is C20H18N2O5S. The molecule has 0 bridgehead atoms. The van der Waals surface area contributed by atoms with E-state index in [0.29, 0.717) is 27.3 Å². The van der Waals surface area contributed by atoms with Gasteiger partial charge in [0.25, 0.3) is 5.91 Å². The second kappa shape index (κ2) is 8.18. The Labute approximate surface area is 166 Å². The lowest BCUT2D eigenvalue weighted by Gasteiger charge is -2.08. The lowest BCUT2D eigenvalue weighted by molar-refractivity contribution is -0.121. The van der Waals surface area contributed by atoms with E-state index in [1.54, 1.807) is 51.6 Å². The molecule has 3 rings (SSSR count). The summed E-state index contributed by atoms with van der Waals surface area (Å²) in [7, 11) is 4.75. The average Bonchev–Trinajstić information content (AvgIpc) is 2.96. The third-order valence-corrected chi connectivity index (χ3v) is 5.11. The van der Waals surface area contributed by atoms with E-state index in [2.05, 4.69) is 4.99 Å². The first kappa shape index (κ1) is 19.5. The summed E-state index contributed by atoms with van der Waals surface area (Å²) in [6, 6.07) is 11.6. The third kappa shape index (κ3) is 4.01. The van der Waals surface area contributed by atoms with Crippen LogP contribution >= 0.6 is 11.8 Å². The minimum absolute atomic E-state index is 0.137. The van der Waals surface area contributed by atoms with Gasteiger partial charge in [-0.25, -0.2) is 9.79 Å². The van der Waals surface area contributed by atoms with Gasteiger partial charge in [-0.3, -0.25) is 9.69 Å². The van der Waals surface area contributed by atoms with E-state index >= 15 is 0 Å². The van der Waals surface area contributed by atoms with Crippen molar-refractivity contribution in [3.63, 3.8) is 0 Å². The molecule has 0 aliphatic carbocycles. The number of hydrogen-bond acceptors (Lipinski definition) is 6. The number of aromatic carboxylic acids is 1. The molecule has 0 aromatic heterocycles. The maximum atomic E-state index is 12.6. The Bertz CT molecular complexity index is 1000. The number of carbonyl (C=O) groups is 2. The molecule has 0 saturated carbocycles. The summed E-state index contributed by atoms with van der Waals surface area (Å²) in [4.78, 5) is 30.1. The minimum atomic E-state index is -1.03. The molecule has 0 radical (unpaired) electrons. The molecule has 7 nitrogen and oxygen atoms in total. The van der Waals surface area contributed by atoms with Crippen molar-refractivity contribution in [3.05, 3.63) is 58.5 Å². The van der Waals surface area contributed by atoms with Crippen LogP contribution in [0.25, 0.3) is 6.08 Å². The summed E-state index contributed by atoms with van der Waals surface area (Å²) < 4.78 is 10.6. The fourth-order valence-corrected chi connectivity index (χ4v) is 3.53. The van der Waals surface area contributed by atoms with Crippen LogP contribution in [0, 0.1) is 0 Å². The van der Waals surface area contributed by atoms with Crippen molar-refractivity contribution in [1.82, 2.24) is 4.90 Å². The predicted octanol–water partition coefficient (Wildman–Crippen LogP) is 3.64. The monoisotopic (exact) mass is 398 g/mol. The molecule has 144 valence electrons. The number of rotatable bonds is 5. The molecule has 0 spiro atoms. The van der Waals surface area contributed by atoms with Gasteiger partial charge in [0.15, 0.2) is 5.17 Å². The first-order chi connectivity index (χ1) is 13.4. The van der Waals surface area contributed by atoms with Gasteiger partial charge in [-0.15, -0.1) is 0 Å². The smallest absolute Gasteiger partial charge is 0.335 e. The van der Waals surface area contributed by atoms with E-state index in [4.69, 9.17) is 14.6 Å². The number of aliphatic imine (C=N–C) groups is 1. The van der Waals surface area contributed by atoms with Crippen molar-refractivity contribution in [2.75, 3.05) is 21.3 Å². The van der Waals surface area contributed by atoms with Gasteiger partial charge in [-0.2, -0.15) is 0 Å². The van der Waals surface area contributed by atoms with Crippen LogP contribution in [0.4, 0.5) is 5.69 Å². The van der Waals surface area contributed by atoms with Crippen LogP contribution in [0.2, 0.25) is 0 Å². The molecule has 28 heavy (non-hydrogen) atoms. The highest BCUT2D eigenvalue weighted by Gasteiger charge is 2.30. The van der Waals surface area contributed by atoms with Gasteiger partial charge in [0.2, 0.25) is 0 Å². The van der Waals surface area contributed by atoms with Crippen molar-refractivity contribution in [2.24, 2.45) is 4.99 Å². The van der Waals surface area contributed by atoms with Crippen molar-refractivity contribution in [3.8, 4) is 11.5 Å². The molecule has 0 atom stereocenters. The van der Waals surface area contributed by atoms with Crippen LogP contribution in [-0.4, -0.2) is 48.3 Å². The molecule has 1 N–H and O–H groups in total. The number of amides is 1. The molecule has 0 unspecified atom stereocenters. The number of likely N-dealkylation sites (N-methyl/N-ethyl adjacent to an activating group) is 1. The van der Waals surface area contributed by atoms with Gasteiger partial charge < -0.3 is 14.6 Å². The van der Waals surface area contributed by atoms with Crippen LogP contribution < -0.4 is 9.47 Å². The standard InChI is InChI=1S/C20H18N2O5S/c1-22-18(23)17(10-12-7-8-15(26-2)11-16(12)27-3)28-20(22)21-14-6-4-5-13(9-14)19(24)25/h4-11H,1-3H3,(H,24,25). The molecule has 1 heterocycles. The topological polar surface area (TPSA) is 88.4 Å². The summed E-state index contributed by atoms with van der Waals surface area (Å²) in [6.07, 6.45) is 1.73. The SMILES string of the molecule is COc1ccc(C=C2SC(=Nc3cccc(C(=O)O)c3)N(C)C2=O)c(OC)c1. The Hall–Kier alpha value is -3.26. The van der Waals surface area contributed by atoms with Crippen LogP contribution in [-0.2, 0) is 4.79 Å². The molecule has 1 aliphatic rings. The molecule has 8 heteroatoms. The number of methoxy groups -OCH3 is 2. The minimum Gasteiger partial charge on any atom is -0.497 e. The number of thioether (sulfide) groups is 1. The number of carboxylic acid groups (broad SMARTS) is 1. The van der Waals surface area contributed by atoms with Crippen LogP contribution in [0.3, 0.4) is 0 Å². The zero-order chi connectivity index (χ0) is 20.3. The normalized spacial score (nSPS) is 16.7. The maximum absolute atomic E-state index is 12.6. The van der Waals surface area contributed by atoms with Crippen molar-refractivity contribution in [2.45, 2.75) is 0 Å². The van der Waals surface area contributed by atoms with E-state index in [0.717, 1.165) is 5.56 Å². The fraction of sp³-hybridized carbons (Fsp3) is 0.150. The number of carboxylic acids is 1. The van der Waals surface area contributed by atoms with E-state index in [9.17, 15) is 9.59 Å². The molecule has 2 aromatic carbocycles. The third-order valence-electron chi connectivity index (χ3n) is 4.05. The van der Waals surface area contributed by atoms with Gasteiger partial charge in [0.05, 0.1) is 30.4 Å². The highest BCUT2D eigenvalue weighted by molar-refractivity contribution is 8.18. The first-order valence-electron chi connectivity index (χ1n) is 8.24. The highest BCUT2D eigenvalue weighted by Crippen LogP contribution is 2.35. The Morgan fingerprint density at radius 2 is 1.96 bits per heavy atom. The van der Waals surface area contributed by atoms with Gasteiger partial charge in [-0.1, -0.05) is 6.07 Å². The van der Waals surface area contributed by atoms with Crippen molar-refractivity contribution < 1.29 is 24.2 Å². The van der Waals surface area contributed by atoms with Gasteiger partial charge in [0.1, 0.15) is 11.5 Å². The maximum Gasteiger partial charge on any atom is 0.335 e. The zero-order valence-corrected chi connectivity index (χ0v) is 16.3. The van der Waals surface area contributed by atoms with E-state index in [1.165, 1.54) is 28.8 Å². The second-order valence-corrected chi connectivity index (χ2v) is 6.84. The molecule has 1 saturated heterocycles. The number of hydrogen-bond donors (Lipinski definition) is 1. The average molecular weight is 398 g/mol. The largest absolute Gasteiger partial charge is 0.497 e. The summed E-state index contributed by atoms with van der Waals surface area (Å²) in [5, 5.41) is 9.57. The number of amidine groups is 1. The molecule has 2 aromatic rings. The quantitative estimate of drug-likeness (QED) is 0.774. The predicted molar refractivity (Wildman–Crippen MR) is 108 cm³/mol. The Kier molecular flexibility index (Phi) is 5.70. The molecular weight excluding hydrogens is 380 g/mol. The number of benzene rings is 2. The fourth-order valence-electron chi connectivity index (χ4n) is 2.55. The Balaban J connectivity index is 1.92. The first-order valence-corrected chi connectivity index (χ1v) is 9.06. The van der Waals surface area contributed by atoms with Gasteiger partial charge >= 0.3 is 5.97 Å². The van der Waals surface area contributed by atoms with E-state index in [1.807, 2.05) is 6.07 Å². The lowest BCUT2D eigenvalue weighted by Crippen LogP contribution is -2.23. The second-order valence-electron chi connectivity index (χ2n) is 5.83. The summed E-state index contributed by atoms with van der Waals surface area (Å²) in [5.74, 6) is 0.0123. The van der Waals surface area contributed by atoms with E-state index in [-0.39, 0.29) is 11.5 Å². The summed E-state index contributed by atoms with van der Waals surface area (Å²) >= 11 is 1.21. The van der Waals surface area contributed by atoms with Gasteiger partial charge in [-0.05, 0) is 48.2 Å². The zero-order valence-electron chi connectivity index (χ0n) is 15.5. The van der Waals surface area contributed by atoms with E-state index < -0.39 is 5.97 Å². The molecule has 1 fully saturated rings. The molecule has 1 aliphatic heterocycles. The van der Waals surface area contributed by atoms with Crippen LogP contribution in [0.5, 0.6) is 11.5 Å². The summed E-state index contributed by atoms with van der Waals surface area (Å²) in [6.45, 7) is 0. The number of ether oxygens (including phenoxy) is 2. The van der Waals surface area contributed by atoms with Crippen molar-refractivity contribution >= 4 is 40.6 Å². The Morgan fingerprint density at radius 1 is 1.18 bits per heavy atom. The highest BCUT2D eigenvalue weighted by atomic mass is 32.2. The van der Waals surface area contributed by atoms with Gasteiger partial charge in [0, 0.05) is 18.7 Å². The molecule has 1 amide bonds. The lowest BCUT2D eigenvalue weighted by atomic mass is 10.1. The van der Waals surface area contributed by atoms with Crippen LogP contribution in [0.15, 0.2) is 52.4 Å².